The van der Waals surface area contributed by atoms with Crippen molar-refractivity contribution in [2.75, 3.05) is 40.6 Å². The molecule has 8 heteroatoms. The third-order valence-corrected chi connectivity index (χ3v) is 4.12. The summed E-state index contributed by atoms with van der Waals surface area (Å²) in [4.78, 5) is 12.3. The molecule has 0 atom stereocenters. The lowest BCUT2D eigenvalue weighted by Crippen LogP contribution is -2.10. The number of methoxy groups -OCH3 is 2. The molecule has 29 heavy (non-hydrogen) atoms. The number of carbonyl (C=O) groups excluding carboxylic acids is 1. The zero-order valence-electron chi connectivity index (χ0n) is 16.5. The van der Waals surface area contributed by atoms with Crippen molar-refractivity contribution in [1.82, 2.24) is 0 Å². The summed E-state index contributed by atoms with van der Waals surface area (Å²) >= 11 is 0. The minimum absolute atomic E-state index is 0.0352. The van der Waals surface area contributed by atoms with Gasteiger partial charge in [-0.25, -0.2) is 0 Å². The Kier molecular flexibility index (Phi) is 8.57. The fourth-order valence-corrected chi connectivity index (χ4v) is 2.68. The minimum atomic E-state index is -0.236. The predicted molar refractivity (Wildman–Crippen MR) is 105 cm³/mol. The number of carbonyl (C=O) groups is 1. The molecule has 0 amide bonds. The predicted octanol–water partition coefficient (Wildman–Crippen LogP) is 2.21. The minimum Gasteiger partial charge on any atom is -0.507 e. The monoisotopic (exact) mass is 406 g/mol. The van der Waals surface area contributed by atoms with Crippen LogP contribution >= 0.6 is 0 Å². The summed E-state index contributed by atoms with van der Waals surface area (Å²) in [6.07, 6.45) is -0.127. The molecule has 0 saturated carbocycles. The van der Waals surface area contributed by atoms with Crippen molar-refractivity contribution < 1.29 is 39.1 Å². The van der Waals surface area contributed by atoms with Gasteiger partial charge in [0, 0.05) is 37.6 Å². The van der Waals surface area contributed by atoms with Crippen LogP contribution in [-0.2, 0) is 27.1 Å². The van der Waals surface area contributed by atoms with Crippen molar-refractivity contribution in [2.24, 2.45) is 0 Å². The Hall–Kier alpha value is -2.97. The zero-order valence-corrected chi connectivity index (χ0v) is 16.5. The molecule has 0 aliphatic heterocycles. The van der Waals surface area contributed by atoms with E-state index < -0.39 is 0 Å². The Morgan fingerprint density at radius 3 is 2.17 bits per heavy atom. The second-order valence-electron chi connectivity index (χ2n) is 6.29. The van der Waals surface area contributed by atoms with E-state index in [4.69, 9.17) is 18.9 Å². The molecule has 2 aromatic rings. The molecule has 0 heterocycles. The third kappa shape index (κ3) is 6.85. The van der Waals surface area contributed by atoms with Gasteiger partial charge in [-0.15, -0.1) is 0 Å². The Bertz CT molecular complexity index is 795. The topological polar surface area (TPSA) is 115 Å². The van der Waals surface area contributed by atoms with Crippen LogP contribution in [0.5, 0.6) is 28.7 Å². The van der Waals surface area contributed by atoms with Crippen molar-refractivity contribution in [3.8, 4) is 28.7 Å². The van der Waals surface area contributed by atoms with Crippen LogP contribution in [0.2, 0.25) is 0 Å². The van der Waals surface area contributed by atoms with Crippen molar-refractivity contribution in [2.45, 2.75) is 12.8 Å². The Balaban J connectivity index is 1.93. The molecule has 158 valence electrons. The fraction of sp³-hybridized carbons (Fsp3) is 0.381. The fourth-order valence-electron chi connectivity index (χ4n) is 2.68. The first-order valence-electron chi connectivity index (χ1n) is 9.06. The van der Waals surface area contributed by atoms with E-state index in [-0.39, 0.29) is 53.8 Å². The summed E-state index contributed by atoms with van der Waals surface area (Å²) in [7, 11) is 3.02. The molecule has 0 aliphatic carbocycles. The molecule has 0 radical (unpaired) electrons. The maximum atomic E-state index is 12.3. The van der Waals surface area contributed by atoms with E-state index in [1.54, 1.807) is 19.2 Å². The Morgan fingerprint density at radius 2 is 1.55 bits per heavy atom. The summed E-state index contributed by atoms with van der Waals surface area (Å²) in [6.45, 7) is 1.51. The summed E-state index contributed by atoms with van der Waals surface area (Å²) in [6, 6.07) is 7.37. The average molecular weight is 406 g/mol. The van der Waals surface area contributed by atoms with Gasteiger partial charge < -0.3 is 34.3 Å². The van der Waals surface area contributed by atoms with Gasteiger partial charge in [0.15, 0.2) is 11.5 Å². The summed E-state index contributed by atoms with van der Waals surface area (Å²) in [5, 5.41) is 30.2. The number of ketones is 1. The largest absolute Gasteiger partial charge is 0.507 e. The van der Waals surface area contributed by atoms with E-state index in [0.29, 0.717) is 31.1 Å². The van der Waals surface area contributed by atoms with Crippen LogP contribution < -0.4 is 9.47 Å². The van der Waals surface area contributed by atoms with Gasteiger partial charge in [0.2, 0.25) is 0 Å². The highest BCUT2D eigenvalue weighted by molar-refractivity contribution is 5.84. The molecule has 8 nitrogen and oxygen atoms in total. The van der Waals surface area contributed by atoms with Crippen molar-refractivity contribution in [1.29, 1.82) is 0 Å². The van der Waals surface area contributed by atoms with Gasteiger partial charge in [-0.05, 0) is 17.7 Å². The highest BCUT2D eigenvalue weighted by Gasteiger charge is 2.16. The second-order valence-corrected chi connectivity index (χ2v) is 6.29. The van der Waals surface area contributed by atoms with E-state index >= 15 is 0 Å². The molecule has 0 aromatic heterocycles. The van der Waals surface area contributed by atoms with Crippen LogP contribution in [0.1, 0.15) is 11.1 Å². The van der Waals surface area contributed by atoms with Crippen LogP contribution in [0.4, 0.5) is 0 Å². The molecular weight excluding hydrogens is 380 g/mol. The van der Waals surface area contributed by atoms with E-state index in [2.05, 4.69) is 0 Å². The third-order valence-electron chi connectivity index (χ3n) is 4.12. The van der Waals surface area contributed by atoms with Crippen LogP contribution in [0.15, 0.2) is 30.3 Å². The maximum Gasteiger partial charge on any atom is 0.160 e. The quantitative estimate of drug-likeness (QED) is 0.460. The Labute approximate surface area is 169 Å². The molecule has 0 aliphatic rings. The standard InChI is InChI=1S/C21H26O8/c1-26-5-6-28-7-8-29-16-12-18(23)17(19(24)13-16)11-15(22)9-14-3-4-21(27-2)20(25)10-14/h3-4,10,12-13,23-25H,5-9,11H2,1-2H3. The molecule has 2 aromatic carbocycles. The van der Waals surface area contributed by atoms with Gasteiger partial charge in [0.25, 0.3) is 0 Å². The van der Waals surface area contributed by atoms with Crippen LogP contribution in [0.3, 0.4) is 0 Å². The summed E-state index contributed by atoms with van der Waals surface area (Å²) in [5.74, 6) is -0.170. The maximum absolute atomic E-state index is 12.3. The van der Waals surface area contributed by atoms with E-state index in [0.717, 1.165) is 0 Å². The molecule has 0 saturated heterocycles. The molecule has 0 spiro atoms. The molecular formula is C21H26O8. The summed E-state index contributed by atoms with van der Waals surface area (Å²) in [5.41, 5.74) is 0.720. The number of phenols is 3. The first kappa shape index (κ1) is 22.3. The lowest BCUT2D eigenvalue weighted by Gasteiger charge is -2.12. The van der Waals surface area contributed by atoms with Gasteiger partial charge in [0.05, 0.1) is 26.9 Å². The normalized spacial score (nSPS) is 10.7. The van der Waals surface area contributed by atoms with Crippen LogP contribution in [-0.4, -0.2) is 61.7 Å². The zero-order chi connectivity index (χ0) is 21.2. The highest BCUT2D eigenvalue weighted by Crippen LogP contribution is 2.33. The number of aromatic hydroxyl groups is 3. The molecule has 2 rings (SSSR count). The first-order valence-corrected chi connectivity index (χ1v) is 9.06. The number of rotatable bonds is 12. The summed E-state index contributed by atoms with van der Waals surface area (Å²) < 4.78 is 20.5. The lowest BCUT2D eigenvalue weighted by atomic mass is 10.0. The molecule has 0 unspecified atom stereocenters. The Morgan fingerprint density at radius 1 is 0.862 bits per heavy atom. The number of hydrogen-bond donors (Lipinski definition) is 3. The number of Topliss-reactive ketones (excluding diaryl/α,β-unsaturated/α-hetero) is 1. The second kappa shape index (κ2) is 11.1. The molecule has 3 N–H and O–H groups in total. The molecule has 0 fully saturated rings. The van der Waals surface area contributed by atoms with Crippen molar-refractivity contribution in [3.63, 3.8) is 0 Å². The SMILES string of the molecule is COCCOCCOc1cc(O)c(CC(=O)Cc2ccc(OC)c(O)c2)c(O)c1. The first-order chi connectivity index (χ1) is 13.9. The van der Waals surface area contributed by atoms with Gasteiger partial charge in [-0.2, -0.15) is 0 Å². The van der Waals surface area contributed by atoms with E-state index in [1.807, 2.05) is 0 Å². The van der Waals surface area contributed by atoms with Crippen molar-refractivity contribution in [3.05, 3.63) is 41.5 Å². The number of phenolic OH excluding ortho intramolecular Hbond substituents is 3. The van der Waals surface area contributed by atoms with Crippen LogP contribution in [0, 0.1) is 0 Å². The smallest absolute Gasteiger partial charge is 0.160 e. The number of benzene rings is 2. The van der Waals surface area contributed by atoms with Crippen molar-refractivity contribution >= 4 is 5.78 Å². The number of hydrogen-bond acceptors (Lipinski definition) is 8. The highest BCUT2D eigenvalue weighted by atomic mass is 16.5. The number of ether oxygens (including phenoxy) is 4. The van der Waals surface area contributed by atoms with Gasteiger partial charge in [-0.1, -0.05) is 6.07 Å². The van der Waals surface area contributed by atoms with E-state index in [9.17, 15) is 20.1 Å². The van der Waals surface area contributed by atoms with E-state index in [1.165, 1.54) is 25.3 Å². The average Bonchev–Trinajstić information content (AvgIpc) is 2.67. The molecule has 0 bridgehead atoms. The van der Waals surface area contributed by atoms with Gasteiger partial charge >= 0.3 is 0 Å². The lowest BCUT2D eigenvalue weighted by molar-refractivity contribution is -0.117. The van der Waals surface area contributed by atoms with Gasteiger partial charge in [-0.3, -0.25) is 4.79 Å². The van der Waals surface area contributed by atoms with Crippen LogP contribution in [0.25, 0.3) is 0 Å². The van der Waals surface area contributed by atoms with Gasteiger partial charge in [0.1, 0.15) is 29.6 Å².